The fourth-order valence-corrected chi connectivity index (χ4v) is 9.02. The van der Waals surface area contributed by atoms with E-state index in [9.17, 15) is 34.4 Å². The number of carbonyl (C=O) groups is 4. The van der Waals surface area contributed by atoms with Crippen LogP contribution in [0.5, 0.6) is 5.75 Å². The number of amides is 4. The average Bonchev–Trinajstić information content (AvgIpc) is 3.35. The molecule has 3 aromatic rings. The maximum atomic E-state index is 14.1. The number of likely N-dealkylation sites (tertiary alicyclic amines) is 1. The van der Waals surface area contributed by atoms with Crippen molar-refractivity contribution < 1.29 is 29.2 Å². The zero-order chi connectivity index (χ0) is 31.3. The van der Waals surface area contributed by atoms with E-state index in [-0.39, 0.29) is 41.0 Å². The van der Waals surface area contributed by atoms with Gasteiger partial charge in [-0.25, -0.2) is 4.90 Å². The Hall–Kier alpha value is -3.80. The van der Waals surface area contributed by atoms with Crippen molar-refractivity contribution in [3.63, 3.8) is 0 Å². The molecule has 0 unspecified atom stereocenters. The minimum atomic E-state index is -2.06. The van der Waals surface area contributed by atoms with Crippen LogP contribution in [0, 0.1) is 27.9 Å². The van der Waals surface area contributed by atoms with Gasteiger partial charge in [0.05, 0.1) is 27.9 Å². The number of non-ortho nitro benzene ring substituents is 1. The summed E-state index contributed by atoms with van der Waals surface area (Å²) in [6.45, 7) is 0. The van der Waals surface area contributed by atoms with Gasteiger partial charge in [-0.05, 0) is 30.2 Å². The molecule has 7 rings (SSSR count). The van der Waals surface area contributed by atoms with E-state index in [1.54, 1.807) is 30.3 Å². The highest BCUT2D eigenvalue weighted by molar-refractivity contribution is 9.09. The summed E-state index contributed by atoms with van der Waals surface area (Å²) in [4.78, 5) is 64.3. The molecule has 2 heterocycles. The van der Waals surface area contributed by atoms with Gasteiger partial charge in [0.1, 0.15) is 5.75 Å². The number of phenolic OH excluding ortho intramolecular Hbond substituents is 1. The minimum Gasteiger partial charge on any atom is -0.507 e. The molecule has 13 heteroatoms. The largest absolute Gasteiger partial charge is 0.507 e. The number of allylic oxidation sites excluding steroid dienone is 2. The summed E-state index contributed by atoms with van der Waals surface area (Å²) in [6, 6.07) is 15.8. The Bertz CT molecular complexity index is 1880. The molecule has 10 nitrogen and oxygen atoms in total. The molecular formula is C31H22BrCl2N3O7. The van der Waals surface area contributed by atoms with Crippen LogP contribution in [0.15, 0.2) is 72.3 Å². The highest BCUT2D eigenvalue weighted by atomic mass is 79.9. The van der Waals surface area contributed by atoms with E-state index >= 15 is 0 Å². The van der Waals surface area contributed by atoms with Crippen molar-refractivity contribution in [3.05, 3.63) is 88.0 Å². The summed E-state index contributed by atoms with van der Waals surface area (Å²) in [6.07, 6.45) is 1.66. The molecule has 3 fully saturated rings. The number of rotatable bonds is 4. The molecule has 0 bridgehead atoms. The van der Waals surface area contributed by atoms with Gasteiger partial charge in [0.25, 0.3) is 17.5 Å². The number of fused-ring (bicyclic) bond motifs is 5. The summed E-state index contributed by atoms with van der Waals surface area (Å²) in [7, 11) is 0. The first-order chi connectivity index (χ1) is 21.0. The molecule has 2 saturated heterocycles. The lowest BCUT2D eigenvalue weighted by Gasteiger charge is -2.50. The number of hydrogen-bond donors (Lipinski definition) is 1. The lowest BCUT2D eigenvalue weighted by atomic mass is 9.56. The average molecular weight is 699 g/mol. The SMILES string of the molecule is O=C1[C@H]2[C@H](CC=C3[C@H]2C[C@@]2(Cl)C(=O)N(CBr)C(=O)[C@@]2(Cl)[C@H]3c2ccc3ccccc3c2O)C(=O)N1c1cccc([N+](=O)[O-])c1. The van der Waals surface area contributed by atoms with Gasteiger partial charge in [0, 0.05) is 29.0 Å². The van der Waals surface area contributed by atoms with E-state index in [2.05, 4.69) is 15.9 Å². The van der Waals surface area contributed by atoms with E-state index in [0.29, 0.717) is 11.0 Å². The van der Waals surface area contributed by atoms with Gasteiger partial charge in [-0.3, -0.25) is 34.2 Å². The fraction of sp³-hybridized carbons (Fsp3) is 0.290. The van der Waals surface area contributed by atoms with Gasteiger partial charge >= 0.3 is 0 Å². The predicted octanol–water partition coefficient (Wildman–Crippen LogP) is 5.37. The van der Waals surface area contributed by atoms with Crippen molar-refractivity contribution in [2.24, 2.45) is 17.8 Å². The van der Waals surface area contributed by atoms with Gasteiger partial charge in [-0.1, -0.05) is 70.0 Å². The first-order valence-corrected chi connectivity index (χ1v) is 15.7. The van der Waals surface area contributed by atoms with E-state index in [1.165, 1.54) is 18.2 Å². The second kappa shape index (κ2) is 9.85. The number of nitrogens with zero attached hydrogens (tertiary/aromatic N) is 3. The van der Waals surface area contributed by atoms with Gasteiger partial charge in [0.15, 0.2) is 9.75 Å². The summed E-state index contributed by atoms with van der Waals surface area (Å²) in [5, 5.41) is 24.3. The van der Waals surface area contributed by atoms with Crippen LogP contribution in [0.1, 0.15) is 24.3 Å². The topological polar surface area (TPSA) is 138 Å². The number of carbonyl (C=O) groups excluding carboxylic acids is 4. The maximum absolute atomic E-state index is 14.1. The molecule has 0 spiro atoms. The van der Waals surface area contributed by atoms with Gasteiger partial charge in [0.2, 0.25) is 11.8 Å². The summed E-state index contributed by atoms with van der Waals surface area (Å²) >= 11 is 17.7. The van der Waals surface area contributed by atoms with Crippen molar-refractivity contribution in [2.45, 2.75) is 28.5 Å². The zero-order valence-corrected chi connectivity index (χ0v) is 25.8. The monoisotopic (exact) mass is 697 g/mol. The van der Waals surface area contributed by atoms with E-state index in [1.807, 2.05) is 12.1 Å². The maximum Gasteiger partial charge on any atom is 0.271 e. The number of halogens is 3. The smallest absolute Gasteiger partial charge is 0.271 e. The van der Waals surface area contributed by atoms with E-state index in [4.69, 9.17) is 23.2 Å². The Balaban J connectivity index is 1.41. The van der Waals surface area contributed by atoms with Crippen LogP contribution in [-0.4, -0.2) is 53.8 Å². The van der Waals surface area contributed by atoms with E-state index < -0.39 is 62.0 Å². The Morgan fingerprint density at radius 1 is 0.977 bits per heavy atom. The quantitative estimate of drug-likeness (QED) is 0.0966. The second-order valence-corrected chi connectivity index (χ2v) is 13.2. The summed E-state index contributed by atoms with van der Waals surface area (Å²) < 4.78 is 0. The molecule has 1 saturated carbocycles. The highest BCUT2D eigenvalue weighted by Gasteiger charge is 2.76. The Morgan fingerprint density at radius 2 is 1.73 bits per heavy atom. The number of aromatic hydroxyl groups is 1. The van der Waals surface area contributed by atoms with Crippen molar-refractivity contribution in [3.8, 4) is 5.75 Å². The molecule has 6 atom stereocenters. The number of anilines is 1. The molecule has 2 aliphatic heterocycles. The molecule has 0 aromatic heterocycles. The second-order valence-electron chi connectivity index (χ2n) is 11.5. The highest BCUT2D eigenvalue weighted by Crippen LogP contribution is 2.66. The number of alkyl halides is 3. The molecule has 44 heavy (non-hydrogen) atoms. The Morgan fingerprint density at radius 3 is 2.45 bits per heavy atom. The standard InChI is InChI=1S/C31H22BrCl2N3O7/c32-14-35-28(41)30(33)13-22-19(24(31(30,34)29(35)42)21-9-8-15-4-1-2-7-18(15)25(21)38)10-11-20-23(22)27(40)36(26(20)39)16-5-3-6-17(12-16)37(43)44/h1-10,12,20,22-24,38H,11,13-14H2/t20-,22+,23-,24+,30+,31-/m0/s1. The normalized spacial score (nSPS) is 31.2. The van der Waals surface area contributed by atoms with Crippen LogP contribution >= 0.6 is 39.1 Å². The van der Waals surface area contributed by atoms with Crippen molar-refractivity contribution in [1.29, 1.82) is 0 Å². The van der Waals surface area contributed by atoms with Crippen molar-refractivity contribution >= 4 is 84.9 Å². The van der Waals surface area contributed by atoms with Crippen LogP contribution in [-0.2, 0) is 19.2 Å². The van der Waals surface area contributed by atoms with Crippen molar-refractivity contribution in [2.75, 3.05) is 10.4 Å². The summed E-state index contributed by atoms with van der Waals surface area (Å²) in [5.74, 6) is -6.47. The third-order valence-corrected chi connectivity index (χ3v) is 11.5. The van der Waals surface area contributed by atoms with Gasteiger partial charge in [-0.2, -0.15) is 0 Å². The number of imide groups is 2. The van der Waals surface area contributed by atoms with Crippen LogP contribution in [0.25, 0.3) is 10.8 Å². The molecular weight excluding hydrogens is 677 g/mol. The first-order valence-electron chi connectivity index (χ1n) is 13.8. The lowest BCUT2D eigenvalue weighted by Crippen LogP contribution is -2.60. The number of phenols is 1. The number of nitro benzene ring substituents is 1. The Kier molecular flexibility index (Phi) is 6.48. The molecule has 4 aliphatic rings. The predicted molar refractivity (Wildman–Crippen MR) is 165 cm³/mol. The molecule has 0 radical (unpaired) electrons. The number of benzene rings is 3. The molecule has 2 aliphatic carbocycles. The number of nitro groups is 1. The van der Waals surface area contributed by atoms with Crippen LogP contribution < -0.4 is 4.90 Å². The minimum absolute atomic E-state index is 0.0644. The lowest BCUT2D eigenvalue weighted by molar-refractivity contribution is -0.384. The number of hydrogen-bond acceptors (Lipinski definition) is 7. The van der Waals surface area contributed by atoms with Crippen LogP contribution in [0.3, 0.4) is 0 Å². The van der Waals surface area contributed by atoms with Crippen LogP contribution in [0.2, 0.25) is 0 Å². The van der Waals surface area contributed by atoms with Gasteiger partial charge in [-0.15, -0.1) is 23.2 Å². The van der Waals surface area contributed by atoms with E-state index in [0.717, 1.165) is 21.3 Å². The molecule has 1 N–H and O–H groups in total. The van der Waals surface area contributed by atoms with Gasteiger partial charge < -0.3 is 5.11 Å². The first kappa shape index (κ1) is 28.9. The fourth-order valence-electron chi connectivity index (χ4n) is 7.60. The van der Waals surface area contributed by atoms with Crippen molar-refractivity contribution in [1.82, 2.24) is 4.90 Å². The third-order valence-electron chi connectivity index (χ3n) is 9.56. The third kappa shape index (κ3) is 3.60. The molecule has 3 aromatic carbocycles. The van der Waals surface area contributed by atoms with Crippen LogP contribution in [0.4, 0.5) is 11.4 Å². The molecule has 4 amide bonds. The molecule has 224 valence electrons. The summed E-state index contributed by atoms with van der Waals surface area (Å²) in [5.41, 5.74) is 0.413. The zero-order valence-electron chi connectivity index (χ0n) is 22.7. The Labute approximate surface area is 268 Å².